The van der Waals surface area contributed by atoms with Crippen molar-refractivity contribution in [1.29, 1.82) is 0 Å². The zero-order valence-corrected chi connectivity index (χ0v) is 7.58. The fourth-order valence-corrected chi connectivity index (χ4v) is 1.89. The van der Waals surface area contributed by atoms with Gasteiger partial charge in [-0.3, -0.25) is 0 Å². The van der Waals surface area contributed by atoms with Crippen molar-refractivity contribution in [2.24, 2.45) is 0 Å². The summed E-state index contributed by atoms with van der Waals surface area (Å²) in [6, 6.07) is 0. The molecular weight excluding hydrogens is 168 g/mol. The van der Waals surface area contributed by atoms with Gasteiger partial charge in [0, 0.05) is 6.54 Å². The molecule has 70 valence electrons. The van der Waals surface area contributed by atoms with E-state index in [-0.39, 0.29) is 5.69 Å². The van der Waals surface area contributed by atoms with Crippen LogP contribution in [0.3, 0.4) is 0 Å². The van der Waals surface area contributed by atoms with Crippen molar-refractivity contribution in [3.63, 3.8) is 0 Å². The maximum atomic E-state index is 10.8. The van der Waals surface area contributed by atoms with Gasteiger partial charge in [0.25, 0.3) is 0 Å². The van der Waals surface area contributed by atoms with Gasteiger partial charge < -0.3 is 9.67 Å². The largest absolute Gasteiger partial charge is 0.476 e. The third-order valence-corrected chi connectivity index (χ3v) is 2.51. The first-order chi connectivity index (χ1) is 6.20. The minimum absolute atomic E-state index is 0.247. The van der Waals surface area contributed by atoms with Crippen molar-refractivity contribution >= 4 is 5.97 Å². The molecule has 13 heavy (non-hydrogen) atoms. The Balaban J connectivity index is 2.53. The lowest BCUT2D eigenvalue weighted by atomic mass is 10.1. The Hall–Kier alpha value is -1.32. The summed E-state index contributed by atoms with van der Waals surface area (Å²) in [5.74, 6) is -0.0779. The molecule has 1 aromatic heterocycles. The minimum Gasteiger partial charge on any atom is -0.476 e. The predicted molar refractivity (Wildman–Crippen MR) is 46.9 cm³/mol. The summed E-state index contributed by atoms with van der Waals surface area (Å²) in [5.41, 5.74) is 1.15. The summed E-state index contributed by atoms with van der Waals surface area (Å²) >= 11 is 0. The number of carbonyl (C=O) groups is 1. The molecule has 1 N–H and O–H groups in total. The van der Waals surface area contributed by atoms with Crippen molar-refractivity contribution in [2.75, 3.05) is 0 Å². The molecule has 4 heteroatoms. The van der Waals surface area contributed by atoms with Gasteiger partial charge in [0.05, 0.1) is 5.69 Å². The van der Waals surface area contributed by atoms with Gasteiger partial charge in [-0.05, 0) is 26.2 Å². The lowest BCUT2D eigenvalue weighted by molar-refractivity contribution is 0.0689. The van der Waals surface area contributed by atoms with Crippen LogP contribution in [0, 0.1) is 6.92 Å². The van der Waals surface area contributed by atoms with E-state index >= 15 is 0 Å². The van der Waals surface area contributed by atoms with E-state index in [2.05, 4.69) is 4.98 Å². The number of aryl methyl sites for hydroxylation is 1. The third-order valence-electron chi connectivity index (χ3n) is 2.51. The third kappa shape index (κ3) is 1.22. The number of aromatic carboxylic acids is 1. The molecule has 0 bridgehead atoms. The van der Waals surface area contributed by atoms with Crippen LogP contribution in [-0.2, 0) is 13.0 Å². The number of carboxylic acids is 1. The van der Waals surface area contributed by atoms with Crippen LogP contribution in [0.4, 0.5) is 0 Å². The first-order valence-electron chi connectivity index (χ1n) is 4.49. The molecule has 1 aliphatic heterocycles. The molecule has 0 saturated heterocycles. The van der Waals surface area contributed by atoms with E-state index in [1.807, 2.05) is 11.5 Å². The van der Waals surface area contributed by atoms with Gasteiger partial charge in [0.15, 0.2) is 5.69 Å². The van der Waals surface area contributed by atoms with E-state index in [0.717, 1.165) is 37.3 Å². The molecule has 0 amide bonds. The number of nitrogens with zero attached hydrogens (tertiary/aromatic N) is 2. The Morgan fingerprint density at radius 3 is 3.00 bits per heavy atom. The van der Waals surface area contributed by atoms with E-state index < -0.39 is 5.97 Å². The van der Waals surface area contributed by atoms with Crippen LogP contribution in [0.2, 0.25) is 0 Å². The highest BCUT2D eigenvalue weighted by molar-refractivity contribution is 5.86. The van der Waals surface area contributed by atoms with Crippen LogP contribution in [0.15, 0.2) is 0 Å². The van der Waals surface area contributed by atoms with Gasteiger partial charge in [-0.2, -0.15) is 0 Å². The molecule has 0 unspecified atom stereocenters. The van der Waals surface area contributed by atoms with E-state index in [1.165, 1.54) is 0 Å². The zero-order chi connectivity index (χ0) is 9.42. The number of hydrogen-bond donors (Lipinski definition) is 1. The van der Waals surface area contributed by atoms with Crippen molar-refractivity contribution in [2.45, 2.75) is 32.7 Å². The summed E-state index contributed by atoms with van der Waals surface area (Å²) in [5, 5.41) is 8.88. The molecule has 0 fully saturated rings. The van der Waals surface area contributed by atoms with Crippen LogP contribution in [0.1, 0.15) is 34.8 Å². The molecule has 0 saturated carbocycles. The fraction of sp³-hybridized carbons (Fsp3) is 0.556. The standard InChI is InChI=1S/C9H12N2O2/c1-6-10-8(9(12)13)7-4-2-3-5-11(6)7/h2-5H2,1H3,(H,12,13). The molecule has 1 aliphatic rings. The normalized spacial score (nSPS) is 15.5. The van der Waals surface area contributed by atoms with Gasteiger partial charge in [-0.1, -0.05) is 0 Å². The van der Waals surface area contributed by atoms with Crippen molar-refractivity contribution in [3.8, 4) is 0 Å². The first kappa shape index (κ1) is 8.29. The van der Waals surface area contributed by atoms with Gasteiger partial charge in [0.1, 0.15) is 5.82 Å². The minimum atomic E-state index is -0.904. The lowest BCUT2D eigenvalue weighted by Gasteiger charge is -2.15. The maximum absolute atomic E-state index is 10.8. The molecule has 1 aromatic rings. The van der Waals surface area contributed by atoms with Crippen LogP contribution in [0.5, 0.6) is 0 Å². The Labute approximate surface area is 76.2 Å². The van der Waals surface area contributed by atoms with Crippen molar-refractivity contribution < 1.29 is 9.90 Å². The first-order valence-corrected chi connectivity index (χ1v) is 4.49. The van der Waals surface area contributed by atoms with Crippen LogP contribution in [0.25, 0.3) is 0 Å². The van der Waals surface area contributed by atoms with E-state index in [9.17, 15) is 4.79 Å². The second-order valence-corrected chi connectivity index (χ2v) is 3.37. The summed E-state index contributed by atoms with van der Waals surface area (Å²) < 4.78 is 2.02. The number of hydrogen-bond acceptors (Lipinski definition) is 2. The zero-order valence-electron chi connectivity index (χ0n) is 7.58. The summed E-state index contributed by atoms with van der Waals surface area (Å²) in [6.07, 6.45) is 3.05. The number of carboxylic acid groups (broad SMARTS) is 1. The average molecular weight is 180 g/mol. The Bertz CT molecular complexity index is 355. The second-order valence-electron chi connectivity index (χ2n) is 3.37. The number of imidazole rings is 1. The van der Waals surface area contributed by atoms with Gasteiger partial charge in [-0.15, -0.1) is 0 Å². The SMILES string of the molecule is Cc1nc(C(=O)O)c2n1CCCC2. The highest BCUT2D eigenvalue weighted by Crippen LogP contribution is 2.20. The van der Waals surface area contributed by atoms with Crippen LogP contribution >= 0.6 is 0 Å². The number of aromatic nitrogens is 2. The molecule has 0 spiro atoms. The molecule has 2 heterocycles. The molecule has 2 rings (SSSR count). The maximum Gasteiger partial charge on any atom is 0.356 e. The van der Waals surface area contributed by atoms with Crippen LogP contribution < -0.4 is 0 Å². The summed E-state index contributed by atoms with van der Waals surface area (Å²) in [6.45, 7) is 2.78. The summed E-state index contributed by atoms with van der Waals surface area (Å²) in [4.78, 5) is 14.9. The second kappa shape index (κ2) is 2.87. The molecule has 0 aromatic carbocycles. The monoisotopic (exact) mass is 180 g/mol. The fourth-order valence-electron chi connectivity index (χ4n) is 1.89. The van der Waals surface area contributed by atoms with Gasteiger partial charge in [-0.25, -0.2) is 9.78 Å². The number of rotatable bonds is 1. The summed E-state index contributed by atoms with van der Waals surface area (Å²) in [7, 11) is 0. The Kier molecular flexibility index (Phi) is 1.83. The topological polar surface area (TPSA) is 55.1 Å². The van der Waals surface area contributed by atoms with E-state index in [0.29, 0.717) is 0 Å². The average Bonchev–Trinajstić information content (AvgIpc) is 2.45. The van der Waals surface area contributed by atoms with Gasteiger partial charge >= 0.3 is 5.97 Å². The molecule has 0 radical (unpaired) electrons. The molecular formula is C9H12N2O2. The Morgan fingerprint density at radius 2 is 2.31 bits per heavy atom. The number of fused-ring (bicyclic) bond motifs is 1. The molecule has 4 nitrogen and oxygen atoms in total. The van der Waals surface area contributed by atoms with E-state index in [1.54, 1.807) is 0 Å². The predicted octanol–water partition coefficient (Wildman–Crippen LogP) is 1.23. The highest BCUT2D eigenvalue weighted by Gasteiger charge is 2.21. The quantitative estimate of drug-likeness (QED) is 0.707. The van der Waals surface area contributed by atoms with Crippen molar-refractivity contribution in [1.82, 2.24) is 9.55 Å². The highest BCUT2D eigenvalue weighted by atomic mass is 16.4. The van der Waals surface area contributed by atoms with Gasteiger partial charge in [0.2, 0.25) is 0 Å². The van der Waals surface area contributed by atoms with Crippen LogP contribution in [-0.4, -0.2) is 20.6 Å². The Morgan fingerprint density at radius 1 is 1.54 bits per heavy atom. The molecule has 0 aliphatic carbocycles. The lowest BCUT2D eigenvalue weighted by Crippen LogP contribution is -2.13. The molecule has 0 atom stereocenters. The van der Waals surface area contributed by atoms with E-state index in [4.69, 9.17) is 5.11 Å². The smallest absolute Gasteiger partial charge is 0.356 e. The van der Waals surface area contributed by atoms with Crippen molar-refractivity contribution in [3.05, 3.63) is 17.2 Å².